The molecule has 0 saturated heterocycles. The summed E-state index contributed by atoms with van der Waals surface area (Å²) in [6, 6.07) is 6.43. The van der Waals surface area contributed by atoms with E-state index in [2.05, 4.69) is 22.2 Å². The molecule has 0 spiro atoms. The molecule has 98 valence electrons. The SMILES string of the molecule is FC(F)(F)Oc1cccc(CNC2CC=CC2)c1. The van der Waals surface area contributed by atoms with E-state index in [1.165, 1.54) is 12.1 Å². The molecule has 0 amide bonds. The Balaban J connectivity index is 1.90. The second kappa shape index (κ2) is 5.44. The molecule has 0 saturated carbocycles. The lowest BCUT2D eigenvalue weighted by molar-refractivity contribution is -0.274. The molecule has 1 aliphatic carbocycles. The third-order valence-electron chi connectivity index (χ3n) is 2.73. The lowest BCUT2D eigenvalue weighted by atomic mass is 10.2. The van der Waals surface area contributed by atoms with E-state index in [1.807, 2.05) is 0 Å². The highest BCUT2D eigenvalue weighted by atomic mass is 19.4. The second-order valence-electron chi connectivity index (χ2n) is 4.22. The van der Waals surface area contributed by atoms with Crippen LogP contribution in [0.15, 0.2) is 36.4 Å². The van der Waals surface area contributed by atoms with Crippen LogP contribution in [-0.2, 0) is 6.54 Å². The van der Waals surface area contributed by atoms with Gasteiger partial charge in [0.05, 0.1) is 0 Å². The van der Waals surface area contributed by atoms with Gasteiger partial charge in [-0.25, -0.2) is 0 Å². The van der Waals surface area contributed by atoms with Crippen molar-refractivity contribution in [2.24, 2.45) is 0 Å². The van der Waals surface area contributed by atoms with Crippen LogP contribution >= 0.6 is 0 Å². The van der Waals surface area contributed by atoms with Gasteiger partial charge in [-0.3, -0.25) is 0 Å². The molecule has 2 nitrogen and oxygen atoms in total. The molecule has 0 aromatic heterocycles. The fraction of sp³-hybridized carbons (Fsp3) is 0.385. The topological polar surface area (TPSA) is 21.3 Å². The summed E-state index contributed by atoms with van der Waals surface area (Å²) in [5.74, 6) is -0.175. The minimum atomic E-state index is -4.64. The largest absolute Gasteiger partial charge is 0.573 e. The number of hydrogen-bond donors (Lipinski definition) is 1. The fourth-order valence-corrected chi connectivity index (χ4v) is 1.90. The Hall–Kier alpha value is -1.49. The van der Waals surface area contributed by atoms with Crippen LogP contribution in [0.1, 0.15) is 18.4 Å². The average Bonchev–Trinajstić information content (AvgIpc) is 2.77. The van der Waals surface area contributed by atoms with E-state index < -0.39 is 6.36 Å². The number of hydrogen-bond acceptors (Lipinski definition) is 2. The van der Waals surface area contributed by atoms with Gasteiger partial charge >= 0.3 is 6.36 Å². The molecule has 0 bridgehead atoms. The lowest BCUT2D eigenvalue weighted by Crippen LogP contribution is -2.25. The summed E-state index contributed by atoms with van der Waals surface area (Å²) in [5, 5.41) is 3.29. The molecular weight excluding hydrogens is 243 g/mol. The van der Waals surface area contributed by atoms with E-state index in [-0.39, 0.29) is 5.75 Å². The van der Waals surface area contributed by atoms with Crippen LogP contribution in [0.2, 0.25) is 0 Å². The number of halogens is 3. The maximum absolute atomic E-state index is 12.1. The molecule has 1 aliphatic rings. The Morgan fingerprint density at radius 1 is 1.22 bits per heavy atom. The first-order valence-electron chi connectivity index (χ1n) is 5.76. The summed E-state index contributed by atoms with van der Waals surface area (Å²) >= 11 is 0. The zero-order valence-electron chi connectivity index (χ0n) is 9.70. The maximum atomic E-state index is 12.1. The molecular formula is C13H14F3NO. The Morgan fingerprint density at radius 2 is 1.94 bits per heavy atom. The number of alkyl halides is 3. The minimum Gasteiger partial charge on any atom is -0.406 e. The van der Waals surface area contributed by atoms with Crippen molar-refractivity contribution in [2.75, 3.05) is 0 Å². The van der Waals surface area contributed by atoms with E-state index in [1.54, 1.807) is 12.1 Å². The van der Waals surface area contributed by atoms with Crippen LogP contribution in [0.4, 0.5) is 13.2 Å². The van der Waals surface area contributed by atoms with Gasteiger partial charge in [0, 0.05) is 12.6 Å². The maximum Gasteiger partial charge on any atom is 0.573 e. The number of benzene rings is 1. The van der Waals surface area contributed by atoms with Crippen LogP contribution in [0.3, 0.4) is 0 Å². The van der Waals surface area contributed by atoms with E-state index >= 15 is 0 Å². The Bertz CT molecular complexity index is 420. The van der Waals surface area contributed by atoms with Crippen LogP contribution in [0.25, 0.3) is 0 Å². The van der Waals surface area contributed by atoms with Crippen LogP contribution in [0.5, 0.6) is 5.75 Å². The van der Waals surface area contributed by atoms with Crippen LogP contribution < -0.4 is 10.1 Å². The third-order valence-corrected chi connectivity index (χ3v) is 2.73. The molecule has 0 radical (unpaired) electrons. The van der Waals surface area contributed by atoms with Crippen molar-refractivity contribution in [1.29, 1.82) is 0 Å². The molecule has 0 aliphatic heterocycles. The zero-order chi connectivity index (χ0) is 13.0. The second-order valence-corrected chi connectivity index (χ2v) is 4.22. The van der Waals surface area contributed by atoms with Gasteiger partial charge in [0.15, 0.2) is 0 Å². The smallest absolute Gasteiger partial charge is 0.406 e. The Morgan fingerprint density at radius 3 is 2.61 bits per heavy atom. The molecule has 0 unspecified atom stereocenters. The van der Waals surface area contributed by atoms with Gasteiger partial charge in [0.2, 0.25) is 0 Å². The summed E-state index contributed by atoms with van der Waals surface area (Å²) in [7, 11) is 0. The van der Waals surface area contributed by atoms with Crippen molar-refractivity contribution in [3.05, 3.63) is 42.0 Å². The highest BCUT2D eigenvalue weighted by molar-refractivity contribution is 5.28. The molecule has 1 aromatic carbocycles. The molecule has 1 N–H and O–H groups in total. The van der Waals surface area contributed by atoms with E-state index in [9.17, 15) is 13.2 Å². The summed E-state index contributed by atoms with van der Waals surface area (Å²) < 4.78 is 40.0. The molecule has 18 heavy (non-hydrogen) atoms. The Labute approximate surface area is 103 Å². The quantitative estimate of drug-likeness (QED) is 0.835. The van der Waals surface area contributed by atoms with Gasteiger partial charge in [-0.2, -0.15) is 0 Å². The predicted molar refractivity (Wildman–Crippen MR) is 62.1 cm³/mol. The van der Waals surface area contributed by atoms with Gasteiger partial charge < -0.3 is 10.1 Å². The average molecular weight is 257 g/mol. The van der Waals surface area contributed by atoms with Gasteiger partial charge in [0.25, 0.3) is 0 Å². The molecule has 0 atom stereocenters. The molecule has 0 heterocycles. The first kappa shape index (κ1) is 13.0. The van der Waals surface area contributed by atoms with Gasteiger partial charge in [-0.1, -0.05) is 24.3 Å². The summed E-state index contributed by atoms with van der Waals surface area (Å²) in [6.07, 6.45) is 1.50. The first-order chi connectivity index (χ1) is 8.53. The number of ether oxygens (including phenoxy) is 1. The van der Waals surface area contributed by atoms with E-state index in [4.69, 9.17) is 0 Å². The summed E-state index contributed by atoms with van der Waals surface area (Å²) in [5.41, 5.74) is 0.781. The van der Waals surface area contributed by atoms with Crippen molar-refractivity contribution in [1.82, 2.24) is 5.32 Å². The van der Waals surface area contributed by atoms with Crippen LogP contribution in [0, 0.1) is 0 Å². The highest BCUT2D eigenvalue weighted by Gasteiger charge is 2.31. The molecule has 0 fully saturated rings. The van der Waals surface area contributed by atoms with Crippen LogP contribution in [-0.4, -0.2) is 12.4 Å². The van der Waals surface area contributed by atoms with Crippen molar-refractivity contribution in [2.45, 2.75) is 31.8 Å². The lowest BCUT2D eigenvalue weighted by Gasteiger charge is -2.13. The molecule has 1 aromatic rings. The van der Waals surface area contributed by atoms with Crippen molar-refractivity contribution >= 4 is 0 Å². The van der Waals surface area contributed by atoms with Crippen molar-refractivity contribution in [3.63, 3.8) is 0 Å². The Kier molecular flexibility index (Phi) is 3.91. The highest BCUT2D eigenvalue weighted by Crippen LogP contribution is 2.23. The van der Waals surface area contributed by atoms with E-state index in [0.717, 1.165) is 18.4 Å². The summed E-state index contributed by atoms with van der Waals surface area (Å²) in [4.78, 5) is 0. The van der Waals surface area contributed by atoms with Gasteiger partial charge in [-0.05, 0) is 30.5 Å². The number of rotatable bonds is 4. The van der Waals surface area contributed by atoms with Gasteiger partial charge in [-0.15, -0.1) is 13.2 Å². The number of nitrogens with one attached hydrogen (secondary N) is 1. The minimum absolute atomic E-state index is 0.175. The first-order valence-corrected chi connectivity index (χ1v) is 5.76. The predicted octanol–water partition coefficient (Wildman–Crippen LogP) is 3.39. The molecule has 5 heteroatoms. The van der Waals surface area contributed by atoms with Gasteiger partial charge in [0.1, 0.15) is 5.75 Å². The van der Waals surface area contributed by atoms with Crippen molar-refractivity contribution < 1.29 is 17.9 Å². The van der Waals surface area contributed by atoms with E-state index in [0.29, 0.717) is 12.6 Å². The normalized spacial score (nSPS) is 16.2. The standard InChI is InChI=1S/C13H14F3NO/c14-13(15,16)18-12-7-3-4-10(8-12)9-17-11-5-1-2-6-11/h1-4,7-8,11,17H,5-6,9H2. The monoisotopic (exact) mass is 257 g/mol. The van der Waals surface area contributed by atoms with Crippen molar-refractivity contribution in [3.8, 4) is 5.75 Å². The summed E-state index contributed by atoms with van der Waals surface area (Å²) in [6.45, 7) is 0.543. The zero-order valence-corrected chi connectivity index (χ0v) is 9.70. The third kappa shape index (κ3) is 4.07. The molecule has 2 rings (SSSR count). The fourth-order valence-electron chi connectivity index (χ4n) is 1.90.